The van der Waals surface area contributed by atoms with E-state index in [0.29, 0.717) is 31.3 Å². The maximum absolute atomic E-state index is 12.6. The molecule has 116 valence electrons. The van der Waals surface area contributed by atoms with Crippen molar-refractivity contribution in [1.82, 2.24) is 4.72 Å². The van der Waals surface area contributed by atoms with Crippen molar-refractivity contribution in [3.63, 3.8) is 0 Å². The van der Waals surface area contributed by atoms with Crippen LogP contribution in [0.1, 0.15) is 25.7 Å². The molecule has 1 saturated carbocycles. The van der Waals surface area contributed by atoms with Gasteiger partial charge in [-0.15, -0.1) is 0 Å². The van der Waals surface area contributed by atoms with Crippen molar-refractivity contribution >= 4 is 10.0 Å². The van der Waals surface area contributed by atoms with E-state index < -0.39 is 15.6 Å². The lowest BCUT2D eigenvalue weighted by molar-refractivity contribution is 0.171. The van der Waals surface area contributed by atoms with Gasteiger partial charge in [0.25, 0.3) is 0 Å². The molecule has 21 heavy (non-hydrogen) atoms. The van der Waals surface area contributed by atoms with Crippen LogP contribution >= 0.6 is 0 Å². The zero-order valence-corrected chi connectivity index (χ0v) is 12.6. The fraction of sp³-hybridized carbons (Fsp3) is 0.571. The third kappa shape index (κ3) is 2.86. The van der Waals surface area contributed by atoms with Crippen LogP contribution in [0.4, 0.5) is 0 Å². The second kappa shape index (κ2) is 5.47. The first-order valence-corrected chi connectivity index (χ1v) is 8.67. The van der Waals surface area contributed by atoms with Gasteiger partial charge in [0.2, 0.25) is 10.0 Å². The molecular formula is C14H20N2O4S. The molecule has 1 fully saturated rings. The Hall–Kier alpha value is -1.31. The summed E-state index contributed by atoms with van der Waals surface area (Å²) in [4.78, 5) is 0.187. The molecule has 0 aromatic heterocycles. The summed E-state index contributed by atoms with van der Waals surface area (Å²) in [6, 6.07) is 4.68. The van der Waals surface area contributed by atoms with Crippen LogP contribution in [0.15, 0.2) is 23.1 Å². The monoisotopic (exact) mass is 312 g/mol. The molecule has 1 aliphatic heterocycles. The molecule has 0 bridgehead atoms. The van der Waals surface area contributed by atoms with Gasteiger partial charge in [0.15, 0.2) is 11.5 Å². The molecule has 0 radical (unpaired) electrons. The fourth-order valence-electron chi connectivity index (χ4n) is 2.93. The lowest BCUT2D eigenvalue weighted by atomic mass is 10.0. The zero-order valence-electron chi connectivity index (χ0n) is 11.8. The number of hydrogen-bond donors (Lipinski definition) is 2. The first-order valence-electron chi connectivity index (χ1n) is 7.18. The molecule has 0 saturated heterocycles. The summed E-state index contributed by atoms with van der Waals surface area (Å²) in [6.45, 7) is 1.22. The van der Waals surface area contributed by atoms with E-state index in [2.05, 4.69) is 4.72 Å². The van der Waals surface area contributed by atoms with Crippen molar-refractivity contribution in [2.75, 3.05) is 19.8 Å². The number of fused-ring (bicyclic) bond motifs is 1. The van der Waals surface area contributed by atoms with Crippen molar-refractivity contribution in [2.45, 2.75) is 36.1 Å². The van der Waals surface area contributed by atoms with Crippen LogP contribution in [-0.4, -0.2) is 33.7 Å². The largest absolute Gasteiger partial charge is 0.486 e. The average molecular weight is 312 g/mol. The first kappa shape index (κ1) is 14.6. The number of benzene rings is 1. The molecule has 0 unspecified atom stereocenters. The molecule has 7 heteroatoms. The van der Waals surface area contributed by atoms with Crippen LogP contribution in [0.3, 0.4) is 0 Å². The number of rotatable bonds is 4. The average Bonchev–Trinajstić information content (AvgIpc) is 2.95. The topological polar surface area (TPSA) is 90.7 Å². The van der Waals surface area contributed by atoms with Crippen LogP contribution in [0.2, 0.25) is 0 Å². The molecular weight excluding hydrogens is 292 g/mol. The number of nitrogens with one attached hydrogen (secondary N) is 1. The lowest BCUT2D eigenvalue weighted by Crippen LogP contribution is -2.51. The van der Waals surface area contributed by atoms with Gasteiger partial charge < -0.3 is 15.2 Å². The van der Waals surface area contributed by atoms with Gasteiger partial charge in [-0.3, -0.25) is 0 Å². The molecule has 6 nitrogen and oxygen atoms in total. The van der Waals surface area contributed by atoms with Gasteiger partial charge in [0, 0.05) is 18.2 Å². The Labute approximate surface area is 124 Å². The van der Waals surface area contributed by atoms with Gasteiger partial charge in [-0.25, -0.2) is 13.1 Å². The summed E-state index contributed by atoms with van der Waals surface area (Å²) in [6.07, 6.45) is 3.57. The SMILES string of the molecule is NCC1(NS(=O)(=O)c2ccc3c(c2)OCCO3)CCCC1. The molecule has 0 spiro atoms. The highest BCUT2D eigenvalue weighted by molar-refractivity contribution is 7.89. The first-order chi connectivity index (χ1) is 10.0. The zero-order chi connectivity index (χ0) is 14.9. The Morgan fingerprint density at radius 1 is 1.14 bits per heavy atom. The van der Waals surface area contributed by atoms with E-state index in [4.69, 9.17) is 15.2 Å². The van der Waals surface area contributed by atoms with Crippen molar-refractivity contribution in [3.05, 3.63) is 18.2 Å². The maximum atomic E-state index is 12.6. The summed E-state index contributed by atoms with van der Waals surface area (Å²) in [7, 11) is -3.61. The number of ether oxygens (including phenoxy) is 2. The molecule has 1 aromatic carbocycles. The molecule has 3 rings (SSSR count). The highest BCUT2D eigenvalue weighted by Crippen LogP contribution is 2.34. The van der Waals surface area contributed by atoms with Gasteiger partial charge in [-0.1, -0.05) is 12.8 Å². The van der Waals surface area contributed by atoms with Crippen LogP contribution < -0.4 is 19.9 Å². The van der Waals surface area contributed by atoms with E-state index in [0.717, 1.165) is 25.7 Å². The summed E-state index contributed by atoms with van der Waals surface area (Å²) >= 11 is 0. The Balaban J connectivity index is 1.88. The smallest absolute Gasteiger partial charge is 0.241 e. The Morgan fingerprint density at radius 2 is 1.81 bits per heavy atom. The van der Waals surface area contributed by atoms with Crippen molar-refractivity contribution in [2.24, 2.45) is 5.73 Å². The summed E-state index contributed by atoms with van der Waals surface area (Å²) in [5.74, 6) is 1.05. The molecule has 0 atom stereocenters. The minimum Gasteiger partial charge on any atom is -0.486 e. The van der Waals surface area contributed by atoms with Gasteiger partial charge in [-0.05, 0) is 25.0 Å². The number of sulfonamides is 1. The quantitative estimate of drug-likeness (QED) is 0.866. The predicted molar refractivity (Wildman–Crippen MR) is 78.0 cm³/mol. The molecule has 1 aliphatic carbocycles. The predicted octanol–water partition coefficient (Wildman–Crippen LogP) is 1.01. The number of nitrogens with two attached hydrogens (primary N) is 1. The summed E-state index contributed by atoms with van der Waals surface area (Å²) < 4.78 is 38.8. The van der Waals surface area contributed by atoms with Crippen LogP contribution in [0.25, 0.3) is 0 Å². The van der Waals surface area contributed by atoms with E-state index in [1.807, 2.05) is 0 Å². The molecule has 1 heterocycles. The second-order valence-electron chi connectivity index (χ2n) is 5.60. The van der Waals surface area contributed by atoms with E-state index in [9.17, 15) is 8.42 Å². The Bertz CT molecular complexity index is 624. The van der Waals surface area contributed by atoms with Gasteiger partial charge in [-0.2, -0.15) is 0 Å². The van der Waals surface area contributed by atoms with Crippen LogP contribution in [0.5, 0.6) is 11.5 Å². The third-order valence-electron chi connectivity index (χ3n) is 4.13. The van der Waals surface area contributed by atoms with Crippen molar-refractivity contribution < 1.29 is 17.9 Å². The van der Waals surface area contributed by atoms with Gasteiger partial charge in [0.05, 0.1) is 4.90 Å². The minimum atomic E-state index is -3.61. The van der Waals surface area contributed by atoms with Crippen molar-refractivity contribution in [3.8, 4) is 11.5 Å². The minimum absolute atomic E-state index is 0.187. The van der Waals surface area contributed by atoms with Gasteiger partial charge >= 0.3 is 0 Å². The Kier molecular flexibility index (Phi) is 3.81. The summed E-state index contributed by atoms with van der Waals surface area (Å²) in [5.41, 5.74) is 5.29. The molecule has 0 amide bonds. The standard InChI is InChI=1S/C14H20N2O4S/c15-10-14(5-1-2-6-14)16-21(17,18)11-3-4-12-13(9-11)20-8-7-19-12/h3-4,9,16H,1-2,5-8,10,15H2. The fourth-order valence-corrected chi connectivity index (χ4v) is 4.42. The van der Waals surface area contributed by atoms with E-state index >= 15 is 0 Å². The third-order valence-corrected chi connectivity index (χ3v) is 5.70. The van der Waals surface area contributed by atoms with Crippen LogP contribution in [-0.2, 0) is 10.0 Å². The normalized spacial score (nSPS) is 20.4. The Morgan fingerprint density at radius 3 is 2.48 bits per heavy atom. The molecule has 2 aliphatic rings. The van der Waals surface area contributed by atoms with Crippen LogP contribution in [0, 0.1) is 0 Å². The second-order valence-corrected chi connectivity index (χ2v) is 7.28. The summed E-state index contributed by atoms with van der Waals surface area (Å²) in [5, 5.41) is 0. The van der Waals surface area contributed by atoms with Gasteiger partial charge in [0.1, 0.15) is 13.2 Å². The number of hydrogen-bond acceptors (Lipinski definition) is 5. The lowest BCUT2D eigenvalue weighted by Gasteiger charge is -2.28. The molecule has 3 N–H and O–H groups in total. The molecule has 1 aromatic rings. The van der Waals surface area contributed by atoms with E-state index in [1.165, 1.54) is 12.1 Å². The van der Waals surface area contributed by atoms with E-state index in [-0.39, 0.29) is 4.90 Å². The van der Waals surface area contributed by atoms with E-state index in [1.54, 1.807) is 6.07 Å². The highest BCUT2D eigenvalue weighted by Gasteiger charge is 2.37. The highest BCUT2D eigenvalue weighted by atomic mass is 32.2. The maximum Gasteiger partial charge on any atom is 0.241 e. The van der Waals surface area contributed by atoms with Crippen molar-refractivity contribution in [1.29, 1.82) is 0 Å².